The molecule has 1 heteroatoms. The van der Waals surface area contributed by atoms with Crippen molar-refractivity contribution in [1.29, 1.82) is 0 Å². The summed E-state index contributed by atoms with van der Waals surface area (Å²) < 4.78 is 1.04. The van der Waals surface area contributed by atoms with Crippen molar-refractivity contribution in [3.8, 4) is 11.1 Å². The Hall–Kier alpha value is -1.08. The molecule has 0 bridgehead atoms. The van der Waals surface area contributed by atoms with Gasteiger partial charge in [0.05, 0.1) is 0 Å². The summed E-state index contributed by atoms with van der Waals surface area (Å²) in [4.78, 5) is 0. The molecule has 0 atom stereocenters. The van der Waals surface area contributed by atoms with E-state index in [4.69, 9.17) is 0 Å². The number of hydrogen-bond acceptors (Lipinski definition) is 0. The van der Waals surface area contributed by atoms with E-state index in [2.05, 4.69) is 47.1 Å². The molecule has 0 saturated carbocycles. The highest BCUT2D eigenvalue weighted by molar-refractivity contribution is 9.10. The Balaban J connectivity index is 2.48. The van der Waals surface area contributed by atoms with Crippen molar-refractivity contribution < 1.29 is 0 Å². The van der Waals surface area contributed by atoms with Crippen LogP contribution in [0.1, 0.15) is 5.56 Å². The quantitative estimate of drug-likeness (QED) is 0.706. The number of halogens is 1. The molecule has 1 radical (unpaired) electrons. The van der Waals surface area contributed by atoms with Crippen molar-refractivity contribution >= 4 is 15.9 Å². The van der Waals surface area contributed by atoms with Gasteiger partial charge in [0, 0.05) is 4.47 Å². The zero-order chi connectivity index (χ0) is 9.97. The van der Waals surface area contributed by atoms with Crippen LogP contribution in [0.5, 0.6) is 0 Å². The van der Waals surface area contributed by atoms with Crippen molar-refractivity contribution in [3.63, 3.8) is 0 Å². The third kappa shape index (κ3) is 1.88. The van der Waals surface area contributed by atoms with Crippen LogP contribution in [0.25, 0.3) is 11.1 Å². The van der Waals surface area contributed by atoms with Gasteiger partial charge < -0.3 is 0 Å². The van der Waals surface area contributed by atoms with E-state index < -0.39 is 0 Å². The molecule has 0 aliphatic heterocycles. The minimum absolute atomic E-state index is 1.04. The van der Waals surface area contributed by atoms with Gasteiger partial charge in [-0.25, -0.2) is 0 Å². The first-order valence-electron chi connectivity index (χ1n) is 4.50. The normalized spacial score (nSPS) is 10.1. The third-order valence-electron chi connectivity index (χ3n) is 2.18. The molecule has 0 fully saturated rings. The average molecular weight is 246 g/mol. The maximum Gasteiger partial charge on any atom is 0.0283 e. The first kappa shape index (κ1) is 9.47. The Morgan fingerprint density at radius 1 is 1.07 bits per heavy atom. The first-order valence-corrected chi connectivity index (χ1v) is 5.30. The van der Waals surface area contributed by atoms with Crippen LogP contribution in [-0.2, 0) is 0 Å². The SMILES string of the molecule is Cc1cc(-c2ccccc2)c[c]c1Br. The second-order valence-corrected chi connectivity index (χ2v) is 4.04. The average Bonchev–Trinajstić information content (AvgIpc) is 2.23. The Labute approximate surface area is 92.7 Å². The van der Waals surface area contributed by atoms with Crippen LogP contribution in [0.2, 0.25) is 0 Å². The zero-order valence-corrected chi connectivity index (χ0v) is 9.51. The van der Waals surface area contributed by atoms with Gasteiger partial charge in [0.2, 0.25) is 0 Å². The highest BCUT2D eigenvalue weighted by Gasteiger charge is 1.99. The Morgan fingerprint density at radius 2 is 1.79 bits per heavy atom. The fraction of sp³-hybridized carbons (Fsp3) is 0.0769. The molecule has 14 heavy (non-hydrogen) atoms. The van der Waals surface area contributed by atoms with Crippen molar-refractivity contribution in [2.24, 2.45) is 0 Å². The summed E-state index contributed by atoms with van der Waals surface area (Å²) in [5.74, 6) is 0. The molecule has 0 aliphatic rings. The van der Waals surface area contributed by atoms with E-state index in [1.165, 1.54) is 16.7 Å². The first-order chi connectivity index (χ1) is 6.77. The lowest BCUT2D eigenvalue weighted by molar-refractivity contribution is 1.42. The molecule has 2 rings (SSSR count). The number of benzene rings is 2. The van der Waals surface area contributed by atoms with Gasteiger partial charge in [0.25, 0.3) is 0 Å². The van der Waals surface area contributed by atoms with Crippen LogP contribution in [-0.4, -0.2) is 0 Å². The van der Waals surface area contributed by atoms with Gasteiger partial charge in [0.15, 0.2) is 0 Å². The summed E-state index contributed by atoms with van der Waals surface area (Å²) in [6, 6.07) is 17.7. The summed E-state index contributed by atoms with van der Waals surface area (Å²) in [6.07, 6.45) is 0. The molecule has 0 aliphatic carbocycles. The molecular weight excluding hydrogens is 236 g/mol. The molecule has 0 spiro atoms. The van der Waals surface area contributed by atoms with Crippen LogP contribution < -0.4 is 0 Å². The fourth-order valence-electron chi connectivity index (χ4n) is 1.39. The lowest BCUT2D eigenvalue weighted by atomic mass is 10.0. The van der Waals surface area contributed by atoms with E-state index >= 15 is 0 Å². The molecule has 0 aromatic heterocycles. The topological polar surface area (TPSA) is 0 Å². The van der Waals surface area contributed by atoms with E-state index in [0.29, 0.717) is 0 Å². The fourth-order valence-corrected chi connectivity index (χ4v) is 1.62. The van der Waals surface area contributed by atoms with Crippen molar-refractivity contribution in [2.75, 3.05) is 0 Å². The number of rotatable bonds is 1. The van der Waals surface area contributed by atoms with Gasteiger partial charge in [-0.3, -0.25) is 0 Å². The van der Waals surface area contributed by atoms with Crippen LogP contribution in [0.4, 0.5) is 0 Å². The van der Waals surface area contributed by atoms with Gasteiger partial charge in [-0.15, -0.1) is 0 Å². The minimum Gasteiger partial charge on any atom is -0.0622 e. The molecule has 2 aromatic carbocycles. The summed E-state index contributed by atoms with van der Waals surface area (Å²) in [5, 5.41) is 0. The number of aryl methyl sites for hydroxylation is 1. The van der Waals surface area contributed by atoms with Gasteiger partial charge >= 0.3 is 0 Å². The van der Waals surface area contributed by atoms with Crippen molar-refractivity contribution in [1.82, 2.24) is 0 Å². The highest BCUT2D eigenvalue weighted by Crippen LogP contribution is 2.23. The van der Waals surface area contributed by atoms with Crippen molar-refractivity contribution in [3.05, 3.63) is 58.6 Å². The molecule has 0 amide bonds. The smallest absolute Gasteiger partial charge is 0.0283 e. The Bertz CT molecular complexity index is 432. The van der Waals surface area contributed by atoms with Crippen molar-refractivity contribution in [2.45, 2.75) is 6.92 Å². The van der Waals surface area contributed by atoms with E-state index in [1.807, 2.05) is 24.3 Å². The molecule has 0 saturated heterocycles. The van der Waals surface area contributed by atoms with Gasteiger partial charge in [-0.1, -0.05) is 36.4 Å². The zero-order valence-electron chi connectivity index (χ0n) is 7.92. The lowest BCUT2D eigenvalue weighted by Gasteiger charge is -2.03. The minimum atomic E-state index is 1.04. The second-order valence-electron chi connectivity index (χ2n) is 3.25. The predicted octanol–water partition coefficient (Wildman–Crippen LogP) is 4.22. The van der Waals surface area contributed by atoms with E-state index in [0.717, 1.165) is 4.47 Å². The number of hydrogen-bond donors (Lipinski definition) is 0. The predicted molar refractivity (Wildman–Crippen MR) is 63.2 cm³/mol. The van der Waals surface area contributed by atoms with E-state index in [-0.39, 0.29) is 0 Å². The molecule has 69 valence electrons. The van der Waals surface area contributed by atoms with E-state index in [9.17, 15) is 0 Å². The second kappa shape index (κ2) is 3.97. The molecule has 0 unspecified atom stereocenters. The van der Waals surface area contributed by atoms with E-state index in [1.54, 1.807) is 0 Å². The molecule has 0 nitrogen and oxygen atoms in total. The summed E-state index contributed by atoms with van der Waals surface area (Å²) >= 11 is 3.45. The van der Waals surface area contributed by atoms with Gasteiger partial charge in [0.1, 0.15) is 0 Å². The van der Waals surface area contributed by atoms with Gasteiger partial charge in [-0.2, -0.15) is 0 Å². The molecule has 0 heterocycles. The summed E-state index contributed by atoms with van der Waals surface area (Å²) in [6.45, 7) is 2.08. The van der Waals surface area contributed by atoms with Crippen LogP contribution >= 0.6 is 15.9 Å². The summed E-state index contributed by atoms with van der Waals surface area (Å²) in [7, 11) is 0. The molecular formula is C13H10Br. The third-order valence-corrected chi connectivity index (χ3v) is 3.03. The summed E-state index contributed by atoms with van der Waals surface area (Å²) in [5.41, 5.74) is 3.66. The molecule has 0 N–H and O–H groups in total. The Morgan fingerprint density at radius 3 is 2.43 bits per heavy atom. The largest absolute Gasteiger partial charge is 0.0622 e. The van der Waals surface area contributed by atoms with Crippen LogP contribution in [0.15, 0.2) is 46.9 Å². The lowest BCUT2D eigenvalue weighted by Crippen LogP contribution is -1.80. The standard InChI is InChI=1S/C13H10Br/c1-10-9-12(7-8-13(10)14)11-5-3-2-4-6-11/h2-7,9H,1H3. The maximum atomic E-state index is 3.45. The van der Waals surface area contributed by atoms with Gasteiger partial charge in [-0.05, 0) is 51.7 Å². The maximum absolute atomic E-state index is 3.45. The highest BCUT2D eigenvalue weighted by atomic mass is 79.9. The Kier molecular flexibility index (Phi) is 2.69. The van der Waals surface area contributed by atoms with Crippen LogP contribution in [0.3, 0.4) is 0 Å². The van der Waals surface area contributed by atoms with Crippen LogP contribution in [0, 0.1) is 13.0 Å². The monoisotopic (exact) mass is 245 g/mol. The molecule has 2 aromatic rings.